The molecular weight excluding hydrogens is 256 g/mol. The van der Waals surface area contributed by atoms with Crippen molar-refractivity contribution in [2.24, 2.45) is 0 Å². The first-order chi connectivity index (χ1) is 9.68. The van der Waals surface area contributed by atoms with Crippen LogP contribution < -0.4 is 9.47 Å². The fourth-order valence-corrected chi connectivity index (χ4v) is 2.77. The van der Waals surface area contributed by atoms with Crippen LogP contribution in [0.15, 0.2) is 42.5 Å². The zero-order valence-electron chi connectivity index (χ0n) is 10.9. The van der Waals surface area contributed by atoms with Crippen molar-refractivity contribution in [3.05, 3.63) is 59.2 Å². The first kappa shape index (κ1) is 11.3. The molecule has 1 unspecified atom stereocenters. The van der Waals surface area contributed by atoms with Gasteiger partial charge in [-0.15, -0.1) is 0 Å². The van der Waals surface area contributed by atoms with E-state index in [1.54, 1.807) is 6.07 Å². The molecule has 0 amide bonds. The summed E-state index contributed by atoms with van der Waals surface area (Å²) in [7, 11) is 0. The molecule has 0 N–H and O–H groups in total. The highest BCUT2D eigenvalue weighted by atomic mass is 16.7. The van der Waals surface area contributed by atoms with Crippen LogP contribution in [0.3, 0.4) is 0 Å². The van der Waals surface area contributed by atoms with Crippen LogP contribution in [-0.2, 0) is 10.3 Å². The van der Waals surface area contributed by atoms with Crippen molar-refractivity contribution in [1.29, 1.82) is 0 Å². The third-order valence-electron chi connectivity index (χ3n) is 3.87. The Morgan fingerprint density at radius 2 is 1.75 bits per heavy atom. The molecule has 0 aromatic heterocycles. The van der Waals surface area contributed by atoms with Gasteiger partial charge in [0, 0.05) is 5.56 Å². The number of fused-ring (bicyclic) bond motifs is 2. The molecule has 2 aliphatic rings. The molecule has 2 aromatic carbocycles. The van der Waals surface area contributed by atoms with Crippen LogP contribution >= 0.6 is 0 Å². The topological polar surface area (TPSA) is 44.8 Å². The van der Waals surface area contributed by atoms with Crippen LogP contribution in [0.25, 0.3) is 0 Å². The Morgan fingerprint density at radius 1 is 1.05 bits per heavy atom. The van der Waals surface area contributed by atoms with E-state index < -0.39 is 5.60 Å². The zero-order chi connectivity index (χ0) is 13.7. The highest BCUT2D eigenvalue weighted by Crippen LogP contribution is 2.46. The molecule has 2 aliphatic heterocycles. The van der Waals surface area contributed by atoms with Gasteiger partial charge in [0.05, 0.1) is 5.56 Å². The van der Waals surface area contributed by atoms with Crippen molar-refractivity contribution in [2.45, 2.75) is 12.5 Å². The van der Waals surface area contributed by atoms with Gasteiger partial charge < -0.3 is 14.2 Å². The Bertz CT molecular complexity index is 708. The van der Waals surface area contributed by atoms with E-state index in [0.29, 0.717) is 17.1 Å². The van der Waals surface area contributed by atoms with Crippen molar-refractivity contribution >= 4 is 5.97 Å². The first-order valence-electron chi connectivity index (χ1n) is 6.41. The summed E-state index contributed by atoms with van der Waals surface area (Å²) in [5.41, 5.74) is 1.51. The molecule has 20 heavy (non-hydrogen) atoms. The fourth-order valence-electron chi connectivity index (χ4n) is 2.77. The number of benzene rings is 2. The van der Waals surface area contributed by atoms with Crippen LogP contribution in [-0.4, -0.2) is 12.8 Å². The predicted octanol–water partition coefficient (Wildman–Crippen LogP) is 2.85. The number of hydrogen-bond donors (Lipinski definition) is 0. The van der Waals surface area contributed by atoms with Crippen LogP contribution in [0.4, 0.5) is 0 Å². The second-order valence-electron chi connectivity index (χ2n) is 5.04. The average molecular weight is 268 g/mol. The third kappa shape index (κ3) is 1.39. The molecule has 4 nitrogen and oxygen atoms in total. The predicted molar refractivity (Wildman–Crippen MR) is 70.9 cm³/mol. The van der Waals surface area contributed by atoms with Gasteiger partial charge in [-0.2, -0.15) is 0 Å². The summed E-state index contributed by atoms with van der Waals surface area (Å²) < 4.78 is 16.3. The number of cyclic esters (lactones) is 1. The van der Waals surface area contributed by atoms with Crippen molar-refractivity contribution in [3.8, 4) is 11.5 Å². The summed E-state index contributed by atoms with van der Waals surface area (Å²) in [6.07, 6.45) is 0. The molecule has 0 saturated carbocycles. The molecule has 0 bridgehead atoms. The number of ether oxygens (including phenoxy) is 3. The molecule has 0 saturated heterocycles. The lowest BCUT2D eigenvalue weighted by atomic mass is 9.87. The van der Waals surface area contributed by atoms with Gasteiger partial charge in [0.2, 0.25) is 6.79 Å². The van der Waals surface area contributed by atoms with E-state index in [1.165, 1.54) is 0 Å². The van der Waals surface area contributed by atoms with E-state index in [9.17, 15) is 4.79 Å². The number of carbonyl (C=O) groups is 1. The van der Waals surface area contributed by atoms with Crippen molar-refractivity contribution < 1.29 is 19.0 Å². The Balaban J connectivity index is 1.94. The standard InChI is InChI=1S/C16H12O4/c1-16(10-5-3-2-4-6-10)12-8-14-13(18-9-19-14)7-11(12)15(17)20-16/h2-8H,9H2,1H3. The second kappa shape index (κ2) is 3.76. The number of carbonyl (C=O) groups excluding carboxylic acids is 1. The summed E-state index contributed by atoms with van der Waals surface area (Å²) in [6.45, 7) is 2.09. The lowest BCUT2D eigenvalue weighted by Crippen LogP contribution is -2.23. The molecule has 2 aromatic rings. The number of esters is 1. The monoisotopic (exact) mass is 268 g/mol. The third-order valence-corrected chi connectivity index (χ3v) is 3.87. The van der Waals surface area contributed by atoms with Gasteiger partial charge in [0.1, 0.15) is 0 Å². The second-order valence-corrected chi connectivity index (χ2v) is 5.04. The highest BCUT2D eigenvalue weighted by Gasteiger charge is 2.44. The van der Waals surface area contributed by atoms with Gasteiger partial charge in [-0.3, -0.25) is 0 Å². The summed E-state index contributed by atoms with van der Waals surface area (Å²) >= 11 is 0. The molecule has 100 valence electrons. The molecule has 0 radical (unpaired) electrons. The van der Waals surface area contributed by atoms with Gasteiger partial charge in [-0.1, -0.05) is 30.3 Å². The Kier molecular flexibility index (Phi) is 2.13. The SMILES string of the molecule is CC1(c2ccccc2)OC(=O)c2cc3c(cc21)OCO3. The van der Waals surface area contributed by atoms with E-state index >= 15 is 0 Å². The molecule has 0 aliphatic carbocycles. The van der Waals surface area contributed by atoms with Crippen LogP contribution in [0.2, 0.25) is 0 Å². The minimum absolute atomic E-state index is 0.190. The molecule has 1 atom stereocenters. The fraction of sp³-hybridized carbons (Fsp3) is 0.188. The van der Waals surface area contributed by atoms with E-state index in [0.717, 1.165) is 11.1 Å². The van der Waals surface area contributed by atoms with Crippen LogP contribution in [0, 0.1) is 0 Å². The maximum Gasteiger partial charge on any atom is 0.339 e. The van der Waals surface area contributed by atoms with Gasteiger partial charge in [-0.05, 0) is 24.6 Å². The van der Waals surface area contributed by atoms with Gasteiger partial charge in [0.15, 0.2) is 17.1 Å². The molecular formula is C16H12O4. The van der Waals surface area contributed by atoms with E-state index in [2.05, 4.69) is 0 Å². The van der Waals surface area contributed by atoms with Gasteiger partial charge in [-0.25, -0.2) is 4.79 Å². The Hall–Kier alpha value is -2.49. The Labute approximate surface area is 115 Å². The molecule has 2 heterocycles. The summed E-state index contributed by atoms with van der Waals surface area (Å²) in [5.74, 6) is 0.923. The molecule has 0 spiro atoms. The summed E-state index contributed by atoms with van der Waals surface area (Å²) in [5, 5.41) is 0. The van der Waals surface area contributed by atoms with E-state index in [-0.39, 0.29) is 12.8 Å². The van der Waals surface area contributed by atoms with Crippen molar-refractivity contribution in [2.75, 3.05) is 6.79 Å². The van der Waals surface area contributed by atoms with Crippen molar-refractivity contribution in [1.82, 2.24) is 0 Å². The minimum atomic E-state index is -0.783. The Morgan fingerprint density at radius 3 is 2.50 bits per heavy atom. The smallest absolute Gasteiger partial charge is 0.339 e. The van der Waals surface area contributed by atoms with Gasteiger partial charge in [0.25, 0.3) is 0 Å². The van der Waals surface area contributed by atoms with E-state index in [4.69, 9.17) is 14.2 Å². The zero-order valence-corrected chi connectivity index (χ0v) is 10.9. The lowest BCUT2D eigenvalue weighted by molar-refractivity contribution is 0.0179. The van der Waals surface area contributed by atoms with Crippen LogP contribution in [0.5, 0.6) is 11.5 Å². The van der Waals surface area contributed by atoms with Gasteiger partial charge >= 0.3 is 5.97 Å². The lowest BCUT2D eigenvalue weighted by Gasteiger charge is -2.24. The summed E-state index contributed by atoms with van der Waals surface area (Å²) in [4.78, 5) is 12.1. The quantitative estimate of drug-likeness (QED) is 0.746. The molecule has 0 fully saturated rings. The maximum absolute atomic E-state index is 12.1. The minimum Gasteiger partial charge on any atom is -0.454 e. The highest BCUT2D eigenvalue weighted by molar-refractivity contribution is 5.96. The maximum atomic E-state index is 12.1. The van der Waals surface area contributed by atoms with Crippen molar-refractivity contribution in [3.63, 3.8) is 0 Å². The van der Waals surface area contributed by atoms with E-state index in [1.807, 2.05) is 43.3 Å². The van der Waals surface area contributed by atoms with Crippen LogP contribution in [0.1, 0.15) is 28.4 Å². The number of rotatable bonds is 1. The average Bonchev–Trinajstić information content (AvgIpc) is 3.02. The largest absolute Gasteiger partial charge is 0.454 e. The first-order valence-corrected chi connectivity index (χ1v) is 6.41. The number of hydrogen-bond acceptors (Lipinski definition) is 4. The normalized spacial score (nSPS) is 22.6. The molecule has 4 rings (SSSR count). The summed E-state index contributed by atoms with van der Waals surface area (Å²) in [6, 6.07) is 13.2. The molecule has 4 heteroatoms.